The second-order valence-corrected chi connectivity index (χ2v) is 5.76. The van der Waals surface area contributed by atoms with Crippen LogP contribution in [0.2, 0.25) is 0 Å². The average molecular weight is 295 g/mol. The van der Waals surface area contributed by atoms with Gasteiger partial charge in [-0.05, 0) is 24.1 Å². The van der Waals surface area contributed by atoms with Gasteiger partial charge in [0.15, 0.2) is 5.82 Å². The van der Waals surface area contributed by atoms with Gasteiger partial charge in [-0.2, -0.15) is 5.10 Å². The Balaban J connectivity index is 2.23. The second kappa shape index (κ2) is 5.33. The monoisotopic (exact) mass is 295 g/mol. The second-order valence-electron chi connectivity index (χ2n) is 4.08. The fraction of sp³-hybridized carbons (Fsp3) is 0.167. The van der Waals surface area contributed by atoms with Crippen LogP contribution in [0.15, 0.2) is 35.2 Å². The first-order chi connectivity index (χ1) is 9.42. The normalized spacial score (nSPS) is 11.2. The summed E-state index contributed by atoms with van der Waals surface area (Å²) in [6.07, 6.45) is 0.815. The molecule has 0 saturated carbocycles. The minimum Gasteiger partial charge on any atom is -0.477 e. The van der Waals surface area contributed by atoms with Gasteiger partial charge in [0.2, 0.25) is 0 Å². The largest absolute Gasteiger partial charge is 0.477 e. The lowest BCUT2D eigenvalue weighted by molar-refractivity contribution is 0.0690. The molecule has 3 N–H and O–H groups in total. The van der Waals surface area contributed by atoms with Gasteiger partial charge in [0.05, 0.1) is 4.90 Å². The van der Waals surface area contributed by atoms with Gasteiger partial charge in [0.25, 0.3) is 10.0 Å². The Morgan fingerprint density at radius 2 is 2.00 bits per heavy atom. The van der Waals surface area contributed by atoms with Crippen molar-refractivity contribution in [3.05, 3.63) is 41.6 Å². The lowest BCUT2D eigenvalue weighted by atomic mass is 10.2. The number of H-pyrrole nitrogens is 1. The Morgan fingerprint density at radius 3 is 2.50 bits per heavy atom. The standard InChI is InChI=1S/C12H13N3O4S/c1-2-8-3-5-9(6-4-8)20(18,19)15-11-7-10(12(16)17)13-14-11/h3-7H,2H2,1H3,(H,16,17)(H2,13,14,15). The van der Waals surface area contributed by atoms with Crippen molar-refractivity contribution in [2.75, 3.05) is 4.72 Å². The molecule has 0 unspecified atom stereocenters. The van der Waals surface area contributed by atoms with Crippen molar-refractivity contribution in [1.29, 1.82) is 0 Å². The molecule has 20 heavy (non-hydrogen) atoms. The Bertz CT molecular complexity index is 719. The summed E-state index contributed by atoms with van der Waals surface area (Å²) in [6, 6.07) is 7.54. The molecule has 7 nitrogen and oxygen atoms in total. The van der Waals surface area contributed by atoms with E-state index in [0.29, 0.717) is 0 Å². The van der Waals surface area contributed by atoms with Crippen LogP contribution in [0.3, 0.4) is 0 Å². The van der Waals surface area contributed by atoms with E-state index in [1.165, 1.54) is 12.1 Å². The fourth-order valence-electron chi connectivity index (χ4n) is 1.58. The molecule has 0 saturated heterocycles. The molecule has 0 atom stereocenters. The number of anilines is 1. The number of aromatic carboxylic acids is 1. The van der Waals surface area contributed by atoms with Gasteiger partial charge in [-0.15, -0.1) is 0 Å². The van der Waals surface area contributed by atoms with Gasteiger partial charge in [-0.3, -0.25) is 9.82 Å². The topological polar surface area (TPSA) is 112 Å². The predicted molar refractivity (Wildman–Crippen MR) is 72.2 cm³/mol. The van der Waals surface area contributed by atoms with Crippen LogP contribution in [0, 0.1) is 0 Å². The summed E-state index contributed by atoms with van der Waals surface area (Å²) in [5.74, 6) is -1.28. The molecule has 1 aromatic heterocycles. The van der Waals surface area contributed by atoms with Crippen LogP contribution in [0.4, 0.5) is 5.82 Å². The number of benzene rings is 1. The van der Waals surface area contributed by atoms with Gasteiger partial charge >= 0.3 is 5.97 Å². The van der Waals surface area contributed by atoms with Gasteiger partial charge in [0, 0.05) is 6.07 Å². The van der Waals surface area contributed by atoms with Crippen molar-refractivity contribution in [2.45, 2.75) is 18.2 Å². The highest BCUT2D eigenvalue weighted by atomic mass is 32.2. The number of carboxylic acid groups (broad SMARTS) is 1. The van der Waals surface area contributed by atoms with Gasteiger partial charge < -0.3 is 5.11 Å². The summed E-state index contributed by atoms with van der Waals surface area (Å²) in [5.41, 5.74) is 0.834. The third-order valence-electron chi connectivity index (χ3n) is 2.69. The Labute approximate surface area is 115 Å². The summed E-state index contributed by atoms with van der Waals surface area (Å²) in [4.78, 5) is 10.8. The Kier molecular flexibility index (Phi) is 3.75. The number of hydrogen-bond donors (Lipinski definition) is 3. The van der Waals surface area contributed by atoms with E-state index < -0.39 is 16.0 Å². The lowest BCUT2D eigenvalue weighted by Crippen LogP contribution is -2.13. The van der Waals surface area contributed by atoms with Crippen LogP contribution in [0.1, 0.15) is 23.0 Å². The van der Waals surface area contributed by atoms with Crippen molar-refractivity contribution in [1.82, 2.24) is 10.2 Å². The molecule has 1 aromatic carbocycles. The molecule has 0 bridgehead atoms. The molecule has 0 amide bonds. The van der Waals surface area contributed by atoms with Gasteiger partial charge in [-0.1, -0.05) is 19.1 Å². The van der Waals surface area contributed by atoms with Crippen LogP contribution >= 0.6 is 0 Å². The first-order valence-electron chi connectivity index (χ1n) is 5.83. The predicted octanol–water partition coefficient (Wildman–Crippen LogP) is 1.47. The van der Waals surface area contributed by atoms with Gasteiger partial charge in [-0.25, -0.2) is 13.2 Å². The average Bonchev–Trinajstić information content (AvgIpc) is 2.87. The van der Waals surface area contributed by atoms with Crippen molar-refractivity contribution in [3.8, 4) is 0 Å². The fourth-order valence-corrected chi connectivity index (χ4v) is 2.58. The van der Waals surface area contributed by atoms with E-state index in [2.05, 4.69) is 14.9 Å². The van der Waals surface area contributed by atoms with E-state index in [0.717, 1.165) is 18.1 Å². The molecular formula is C12H13N3O4S. The Hall–Kier alpha value is -2.35. The van der Waals surface area contributed by atoms with Crippen molar-refractivity contribution in [3.63, 3.8) is 0 Å². The number of aromatic nitrogens is 2. The molecule has 106 valence electrons. The van der Waals surface area contributed by atoms with Crippen LogP contribution in [0.5, 0.6) is 0 Å². The number of nitrogens with zero attached hydrogens (tertiary/aromatic N) is 1. The third kappa shape index (κ3) is 2.97. The highest BCUT2D eigenvalue weighted by molar-refractivity contribution is 7.92. The SMILES string of the molecule is CCc1ccc(S(=O)(=O)Nc2cc(C(=O)O)[nH]n2)cc1. The first kappa shape index (κ1) is 14.1. The molecule has 0 aliphatic heterocycles. The number of aromatic amines is 1. The minimum absolute atomic E-state index is 0.0676. The summed E-state index contributed by atoms with van der Waals surface area (Å²) in [6.45, 7) is 1.97. The van der Waals surface area contributed by atoms with Crippen LogP contribution in [0.25, 0.3) is 0 Å². The maximum Gasteiger partial charge on any atom is 0.353 e. The van der Waals surface area contributed by atoms with Crippen molar-refractivity contribution in [2.24, 2.45) is 0 Å². The van der Waals surface area contributed by atoms with E-state index >= 15 is 0 Å². The highest BCUT2D eigenvalue weighted by Crippen LogP contribution is 2.16. The van der Waals surface area contributed by atoms with Crippen LogP contribution in [-0.4, -0.2) is 29.7 Å². The van der Waals surface area contributed by atoms with E-state index in [1.54, 1.807) is 12.1 Å². The molecule has 2 aromatic rings. The van der Waals surface area contributed by atoms with Crippen molar-refractivity contribution >= 4 is 21.8 Å². The maximum atomic E-state index is 12.1. The number of sulfonamides is 1. The quantitative estimate of drug-likeness (QED) is 0.773. The zero-order valence-electron chi connectivity index (χ0n) is 10.6. The molecule has 0 fully saturated rings. The zero-order chi connectivity index (χ0) is 14.8. The van der Waals surface area contributed by atoms with E-state index in [1.807, 2.05) is 6.92 Å². The molecule has 8 heteroatoms. The first-order valence-corrected chi connectivity index (χ1v) is 7.31. The number of aryl methyl sites for hydroxylation is 1. The molecule has 0 radical (unpaired) electrons. The number of nitrogens with one attached hydrogen (secondary N) is 2. The molecule has 0 aliphatic carbocycles. The highest BCUT2D eigenvalue weighted by Gasteiger charge is 2.16. The molecular weight excluding hydrogens is 282 g/mol. The molecule has 1 heterocycles. The molecule has 0 aliphatic rings. The van der Waals surface area contributed by atoms with Gasteiger partial charge in [0.1, 0.15) is 5.69 Å². The maximum absolute atomic E-state index is 12.1. The number of rotatable bonds is 5. The summed E-state index contributed by atoms with van der Waals surface area (Å²) in [7, 11) is -3.78. The zero-order valence-corrected chi connectivity index (χ0v) is 11.4. The molecule has 0 spiro atoms. The summed E-state index contributed by atoms with van der Waals surface area (Å²) >= 11 is 0. The van der Waals surface area contributed by atoms with Crippen molar-refractivity contribution < 1.29 is 18.3 Å². The lowest BCUT2D eigenvalue weighted by Gasteiger charge is -2.05. The minimum atomic E-state index is -3.78. The number of hydrogen-bond acceptors (Lipinski definition) is 4. The van der Waals surface area contributed by atoms with E-state index in [9.17, 15) is 13.2 Å². The van der Waals surface area contributed by atoms with Crippen LogP contribution < -0.4 is 4.72 Å². The van der Waals surface area contributed by atoms with E-state index in [-0.39, 0.29) is 16.4 Å². The molecule has 2 rings (SSSR count). The third-order valence-corrected chi connectivity index (χ3v) is 4.06. The number of carbonyl (C=O) groups is 1. The summed E-state index contributed by atoms with van der Waals surface area (Å²) in [5, 5.41) is 14.5. The number of carboxylic acids is 1. The van der Waals surface area contributed by atoms with Crippen LogP contribution in [-0.2, 0) is 16.4 Å². The summed E-state index contributed by atoms with van der Waals surface area (Å²) < 4.78 is 26.3. The van der Waals surface area contributed by atoms with E-state index in [4.69, 9.17) is 5.11 Å². The smallest absolute Gasteiger partial charge is 0.353 e. The Morgan fingerprint density at radius 1 is 1.35 bits per heavy atom.